The van der Waals surface area contributed by atoms with E-state index in [-0.39, 0.29) is 19.8 Å². The molecule has 0 spiro atoms. The van der Waals surface area contributed by atoms with Crippen LogP contribution in [0.1, 0.15) is 52.7 Å². The average Bonchev–Trinajstić information content (AvgIpc) is 3.21. The predicted octanol–water partition coefficient (Wildman–Crippen LogP) is 5.87. The first-order valence-corrected chi connectivity index (χ1v) is 14.4. The minimum atomic E-state index is -0.754. The van der Waals surface area contributed by atoms with Crippen LogP contribution in [0.25, 0.3) is 0 Å². The number of alkyl carbamates (subject to hydrolysis) is 1. The summed E-state index contributed by atoms with van der Waals surface area (Å²) >= 11 is 0. The van der Waals surface area contributed by atoms with Crippen molar-refractivity contribution in [2.24, 2.45) is 0 Å². The Labute approximate surface area is 250 Å². The number of hydrogen-bond donors (Lipinski definition) is 1. The van der Waals surface area contributed by atoms with E-state index in [1.807, 2.05) is 81.4 Å². The molecule has 3 rings (SSSR count). The van der Waals surface area contributed by atoms with Crippen LogP contribution in [0.4, 0.5) is 9.59 Å². The van der Waals surface area contributed by atoms with Gasteiger partial charge in [0.1, 0.15) is 23.4 Å². The molecule has 230 valence electrons. The SMILES string of the molecule is C=CCOC[C@H]1[C@@H](OCc2ccccc2)[C@H](OCc2ccccc2)[C@@H](CNC(=O)OC(C)(C)C)N1C(=O)OC(C)(C)C. The Bertz CT molecular complexity index is 1130. The molecule has 9 nitrogen and oxygen atoms in total. The monoisotopic (exact) mass is 582 g/mol. The summed E-state index contributed by atoms with van der Waals surface area (Å²) < 4.78 is 30.3. The molecule has 0 bridgehead atoms. The third-order valence-corrected chi connectivity index (χ3v) is 6.35. The largest absolute Gasteiger partial charge is 0.444 e. The molecule has 4 atom stereocenters. The number of carbonyl (C=O) groups is 2. The van der Waals surface area contributed by atoms with Gasteiger partial charge in [-0.3, -0.25) is 4.90 Å². The van der Waals surface area contributed by atoms with Crippen molar-refractivity contribution in [2.45, 2.75) is 90.2 Å². The van der Waals surface area contributed by atoms with Crippen molar-refractivity contribution in [1.82, 2.24) is 10.2 Å². The average molecular weight is 583 g/mol. The molecule has 2 aromatic rings. The highest BCUT2D eigenvalue weighted by atomic mass is 16.6. The highest BCUT2D eigenvalue weighted by Gasteiger charge is 2.54. The lowest BCUT2D eigenvalue weighted by molar-refractivity contribution is -0.0848. The highest BCUT2D eigenvalue weighted by Crippen LogP contribution is 2.33. The van der Waals surface area contributed by atoms with Gasteiger partial charge in [-0.1, -0.05) is 66.7 Å². The number of ether oxygens (including phenoxy) is 5. The standard InChI is InChI=1S/C33H46N2O7/c1-8-19-38-23-27-29(40-22-25-17-13-10-14-18-25)28(39-21-24-15-11-9-12-16-24)26(20-34-30(36)41-32(2,3)4)35(27)31(37)42-33(5,6)7/h8-18,26-29H,1,19-23H2,2-7H3,(H,34,36)/t26-,27+,28-,29-/m1/s1. The Morgan fingerprint density at radius 3 is 1.79 bits per heavy atom. The maximum Gasteiger partial charge on any atom is 0.411 e. The van der Waals surface area contributed by atoms with E-state index in [0.29, 0.717) is 13.2 Å². The van der Waals surface area contributed by atoms with Crippen LogP contribution in [0.2, 0.25) is 0 Å². The van der Waals surface area contributed by atoms with E-state index < -0.39 is 47.7 Å². The van der Waals surface area contributed by atoms with E-state index in [1.54, 1.807) is 31.7 Å². The first kappa shape index (κ1) is 33.1. The second-order valence-corrected chi connectivity index (χ2v) is 12.3. The van der Waals surface area contributed by atoms with Crippen LogP contribution in [0.5, 0.6) is 0 Å². The molecule has 0 aromatic heterocycles. The molecule has 1 fully saturated rings. The van der Waals surface area contributed by atoms with Gasteiger partial charge in [-0.15, -0.1) is 6.58 Å². The molecule has 0 aliphatic carbocycles. The quantitative estimate of drug-likeness (QED) is 0.247. The third-order valence-electron chi connectivity index (χ3n) is 6.35. The van der Waals surface area contributed by atoms with Crippen molar-refractivity contribution in [3.63, 3.8) is 0 Å². The second-order valence-electron chi connectivity index (χ2n) is 12.3. The molecular formula is C33H46N2O7. The van der Waals surface area contributed by atoms with Crippen LogP contribution < -0.4 is 5.32 Å². The molecule has 0 unspecified atom stereocenters. The van der Waals surface area contributed by atoms with Crippen molar-refractivity contribution >= 4 is 12.2 Å². The number of nitrogens with one attached hydrogen (secondary N) is 1. The van der Waals surface area contributed by atoms with Crippen molar-refractivity contribution in [2.75, 3.05) is 19.8 Å². The van der Waals surface area contributed by atoms with Crippen molar-refractivity contribution in [1.29, 1.82) is 0 Å². The lowest BCUT2D eigenvalue weighted by Gasteiger charge is -2.33. The summed E-state index contributed by atoms with van der Waals surface area (Å²) in [7, 11) is 0. The van der Waals surface area contributed by atoms with Crippen molar-refractivity contribution in [3.8, 4) is 0 Å². The summed E-state index contributed by atoms with van der Waals surface area (Å²) in [6.07, 6.45) is -0.728. The maximum atomic E-state index is 13.8. The van der Waals surface area contributed by atoms with Gasteiger partial charge in [0.25, 0.3) is 0 Å². The Morgan fingerprint density at radius 1 is 0.810 bits per heavy atom. The van der Waals surface area contributed by atoms with E-state index in [1.165, 1.54) is 0 Å². The van der Waals surface area contributed by atoms with Crippen LogP contribution in [-0.4, -0.2) is 72.3 Å². The van der Waals surface area contributed by atoms with Gasteiger partial charge in [0.2, 0.25) is 0 Å². The normalized spacial score (nSPS) is 20.7. The minimum absolute atomic E-state index is 0.0523. The van der Waals surface area contributed by atoms with Crippen LogP contribution >= 0.6 is 0 Å². The maximum absolute atomic E-state index is 13.8. The van der Waals surface area contributed by atoms with Crippen LogP contribution in [-0.2, 0) is 36.9 Å². The predicted molar refractivity (Wildman–Crippen MR) is 161 cm³/mol. The van der Waals surface area contributed by atoms with Crippen molar-refractivity contribution in [3.05, 3.63) is 84.4 Å². The molecule has 42 heavy (non-hydrogen) atoms. The number of nitrogens with zero attached hydrogens (tertiary/aromatic N) is 1. The molecule has 2 aromatic carbocycles. The van der Waals surface area contributed by atoms with Gasteiger partial charge in [0.15, 0.2) is 0 Å². The van der Waals surface area contributed by atoms with Crippen molar-refractivity contribution < 1.29 is 33.3 Å². The molecule has 1 heterocycles. The van der Waals surface area contributed by atoms with E-state index in [0.717, 1.165) is 11.1 Å². The number of carbonyl (C=O) groups excluding carboxylic acids is 2. The van der Waals surface area contributed by atoms with Gasteiger partial charge in [0.05, 0.1) is 38.5 Å². The second kappa shape index (κ2) is 15.2. The lowest BCUT2D eigenvalue weighted by atomic mass is 10.1. The van der Waals surface area contributed by atoms with Gasteiger partial charge < -0.3 is 29.0 Å². The Hall–Kier alpha value is -3.40. The first-order valence-electron chi connectivity index (χ1n) is 14.4. The number of amides is 2. The van der Waals surface area contributed by atoms with Crippen LogP contribution in [0.3, 0.4) is 0 Å². The Morgan fingerprint density at radius 2 is 1.31 bits per heavy atom. The zero-order valence-electron chi connectivity index (χ0n) is 25.7. The van der Waals surface area contributed by atoms with Crippen LogP contribution in [0, 0.1) is 0 Å². The molecule has 0 radical (unpaired) electrons. The van der Waals surface area contributed by atoms with Crippen LogP contribution in [0.15, 0.2) is 73.3 Å². The fourth-order valence-corrected chi connectivity index (χ4v) is 4.69. The van der Waals surface area contributed by atoms with E-state index in [4.69, 9.17) is 23.7 Å². The summed E-state index contributed by atoms with van der Waals surface area (Å²) in [5.74, 6) is 0. The Kier molecular flexibility index (Phi) is 12.0. The van der Waals surface area contributed by atoms with E-state index in [2.05, 4.69) is 11.9 Å². The molecule has 9 heteroatoms. The number of hydrogen-bond acceptors (Lipinski definition) is 7. The summed E-state index contributed by atoms with van der Waals surface area (Å²) in [6, 6.07) is 18.3. The lowest BCUT2D eigenvalue weighted by Crippen LogP contribution is -2.52. The summed E-state index contributed by atoms with van der Waals surface area (Å²) in [5, 5.41) is 2.84. The molecule has 1 aliphatic rings. The van der Waals surface area contributed by atoms with Gasteiger partial charge in [0, 0.05) is 6.54 Å². The molecule has 1 aliphatic heterocycles. The fraction of sp³-hybridized carbons (Fsp3) is 0.515. The topological polar surface area (TPSA) is 95.6 Å². The number of likely N-dealkylation sites (tertiary alicyclic amines) is 1. The van der Waals surface area contributed by atoms with Gasteiger partial charge in [-0.2, -0.15) is 0 Å². The highest BCUT2D eigenvalue weighted by molar-refractivity contribution is 5.71. The molecule has 0 saturated carbocycles. The fourth-order valence-electron chi connectivity index (χ4n) is 4.69. The number of benzene rings is 2. The van der Waals surface area contributed by atoms with Gasteiger partial charge in [-0.05, 0) is 52.7 Å². The van der Waals surface area contributed by atoms with Gasteiger partial charge in [-0.25, -0.2) is 9.59 Å². The molecular weight excluding hydrogens is 536 g/mol. The smallest absolute Gasteiger partial charge is 0.411 e. The first-order chi connectivity index (χ1) is 19.9. The number of rotatable bonds is 12. The molecule has 2 amide bonds. The summed E-state index contributed by atoms with van der Waals surface area (Å²) in [4.78, 5) is 28.1. The Balaban J connectivity index is 1.99. The van der Waals surface area contributed by atoms with E-state index in [9.17, 15) is 9.59 Å². The minimum Gasteiger partial charge on any atom is -0.444 e. The third kappa shape index (κ3) is 10.5. The summed E-state index contributed by atoms with van der Waals surface area (Å²) in [6.45, 7) is 15.6. The van der Waals surface area contributed by atoms with E-state index >= 15 is 0 Å². The zero-order chi connectivity index (χ0) is 30.8. The molecule has 1 N–H and O–H groups in total. The van der Waals surface area contributed by atoms with Gasteiger partial charge >= 0.3 is 12.2 Å². The summed E-state index contributed by atoms with van der Waals surface area (Å²) in [5.41, 5.74) is 0.504. The zero-order valence-corrected chi connectivity index (χ0v) is 25.7. The molecule has 1 saturated heterocycles.